The Hall–Kier alpha value is -1.82. The van der Waals surface area contributed by atoms with Gasteiger partial charge >= 0.3 is 5.69 Å². The van der Waals surface area contributed by atoms with Gasteiger partial charge in [-0.2, -0.15) is 0 Å². The number of nitro groups is 1. The van der Waals surface area contributed by atoms with Gasteiger partial charge in [-0.05, 0) is 44.9 Å². The molecule has 1 fully saturated rings. The Morgan fingerprint density at radius 1 is 1.48 bits per heavy atom. The highest BCUT2D eigenvalue weighted by Gasteiger charge is 2.19. The molecule has 6 heteroatoms. The summed E-state index contributed by atoms with van der Waals surface area (Å²) in [6, 6.07) is 5.65. The van der Waals surface area contributed by atoms with Gasteiger partial charge in [0.25, 0.3) is 0 Å². The van der Waals surface area contributed by atoms with Gasteiger partial charge in [-0.25, -0.2) is 0 Å². The van der Waals surface area contributed by atoms with Crippen LogP contribution < -0.4 is 11.1 Å². The third kappa shape index (κ3) is 4.07. The lowest BCUT2D eigenvalue weighted by Crippen LogP contribution is -2.38. The molecule has 1 atom stereocenters. The van der Waals surface area contributed by atoms with Gasteiger partial charge < -0.3 is 16.0 Å². The first-order valence-corrected chi connectivity index (χ1v) is 7.60. The molecule has 1 aliphatic heterocycles. The number of hydrogen-bond acceptors (Lipinski definition) is 5. The van der Waals surface area contributed by atoms with Gasteiger partial charge in [0.05, 0.1) is 4.92 Å². The minimum absolute atomic E-state index is 0.0242. The molecule has 1 aromatic carbocycles. The van der Waals surface area contributed by atoms with Crippen molar-refractivity contribution in [2.24, 2.45) is 0 Å². The number of rotatable bonds is 6. The molecule has 0 saturated carbocycles. The molecule has 1 unspecified atom stereocenters. The van der Waals surface area contributed by atoms with Crippen LogP contribution in [0.25, 0.3) is 0 Å². The largest absolute Gasteiger partial charge is 0.393 e. The number of hydrogen-bond donors (Lipinski definition) is 2. The van der Waals surface area contributed by atoms with E-state index in [0.29, 0.717) is 18.3 Å². The second-order valence-corrected chi connectivity index (χ2v) is 5.66. The number of nitrogen functional groups attached to an aromatic ring is 1. The summed E-state index contributed by atoms with van der Waals surface area (Å²) < 4.78 is 0. The lowest BCUT2D eigenvalue weighted by atomic mass is 10.0. The number of anilines is 2. The summed E-state index contributed by atoms with van der Waals surface area (Å²) in [5.41, 5.74) is 6.36. The van der Waals surface area contributed by atoms with Crippen LogP contribution in [-0.2, 0) is 0 Å². The summed E-state index contributed by atoms with van der Waals surface area (Å²) in [6.45, 7) is 5.19. The minimum Gasteiger partial charge on any atom is -0.393 e. The summed E-state index contributed by atoms with van der Waals surface area (Å²) in [7, 11) is 0. The Balaban J connectivity index is 1.84. The number of nitro benzene ring substituents is 1. The van der Waals surface area contributed by atoms with Gasteiger partial charge in [0.2, 0.25) is 0 Å². The Morgan fingerprint density at radius 3 is 3.00 bits per heavy atom. The smallest absolute Gasteiger partial charge is 0.314 e. The monoisotopic (exact) mass is 292 g/mol. The summed E-state index contributed by atoms with van der Waals surface area (Å²) in [5, 5.41) is 14.2. The van der Waals surface area contributed by atoms with E-state index in [2.05, 4.69) is 17.1 Å². The predicted octanol–water partition coefficient (Wildman–Crippen LogP) is 2.85. The summed E-state index contributed by atoms with van der Waals surface area (Å²) >= 11 is 0. The second-order valence-electron chi connectivity index (χ2n) is 5.66. The zero-order chi connectivity index (χ0) is 15.2. The van der Waals surface area contributed by atoms with Crippen LogP contribution in [-0.4, -0.2) is 35.5 Å². The van der Waals surface area contributed by atoms with Gasteiger partial charge in [-0.1, -0.05) is 12.5 Å². The number of piperidine rings is 1. The molecular weight excluding hydrogens is 268 g/mol. The van der Waals surface area contributed by atoms with Crippen molar-refractivity contribution in [2.75, 3.05) is 30.7 Å². The van der Waals surface area contributed by atoms with Crippen molar-refractivity contribution in [2.45, 2.75) is 38.6 Å². The van der Waals surface area contributed by atoms with Crippen LogP contribution in [0, 0.1) is 10.1 Å². The van der Waals surface area contributed by atoms with Crippen LogP contribution in [0.15, 0.2) is 18.2 Å². The van der Waals surface area contributed by atoms with Crippen molar-refractivity contribution in [3.8, 4) is 0 Å². The molecule has 1 aliphatic rings. The molecule has 1 saturated heterocycles. The molecule has 6 nitrogen and oxygen atoms in total. The quantitative estimate of drug-likeness (QED) is 0.364. The first kappa shape index (κ1) is 15.6. The third-order valence-corrected chi connectivity index (χ3v) is 4.13. The minimum atomic E-state index is -0.426. The highest BCUT2D eigenvalue weighted by molar-refractivity contribution is 5.74. The lowest BCUT2D eigenvalue weighted by Gasteiger charge is -2.33. The SMILES string of the molecule is CC1CCCCN1CCCNc1cccc(N)c1[N+](=O)[O-]. The fourth-order valence-electron chi connectivity index (χ4n) is 2.90. The number of benzene rings is 1. The van der Waals surface area contributed by atoms with Crippen LogP contribution in [0.2, 0.25) is 0 Å². The average molecular weight is 292 g/mol. The summed E-state index contributed by atoms with van der Waals surface area (Å²) in [6.07, 6.45) is 4.84. The van der Waals surface area contributed by atoms with Crippen molar-refractivity contribution in [3.63, 3.8) is 0 Å². The van der Waals surface area contributed by atoms with Crippen LogP contribution in [0.3, 0.4) is 0 Å². The second kappa shape index (κ2) is 7.26. The van der Waals surface area contributed by atoms with Gasteiger partial charge in [0, 0.05) is 19.1 Å². The Kier molecular flexibility index (Phi) is 5.38. The molecule has 2 rings (SSSR count). The average Bonchev–Trinajstić information content (AvgIpc) is 2.45. The van der Waals surface area contributed by atoms with E-state index in [4.69, 9.17) is 5.73 Å². The first-order valence-electron chi connectivity index (χ1n) is 7.60. The van der Waals surface area contributed by atoms with Gasteiger partial charge in [0.1, 0.15) is 11.4 Å². The molecule has 0 aliphatic carbocycles. The molecule has 3 N–H and O–H groups in total. The van der Waals surface area contributed by atoms with Crippen LogP contribution >= 0.6 is 0 Å². The zero-order valence-corrected chi connectivity index (χ0v) is 12.5. The molecule has 0 aromatic heterocycles. The normalized spacial score (nSPS) is 19.4. The molecular formula is C15H24N4O2. The summed E-state index contributed by atoms with van der Waals surface area (Å²) in [4.78, 5) is 13.1. The number of nitrogens with two attached hydrogens (primary N) is 1. The molecule has 1 aromatic rings. The highest BCUT2D eigenvalue weighted by atomic mass is 16.6. The zero-order valence-electron chi connectivity index (χ0n) is 12.5. The number of para-hydroxylation sites is 1. The van der Waals surface area contributed by atoms with Gasteiger partial charge in [-0.3, -0.25) is 10.1 Å². The van der Waals surface area contributed by atoms with E-state index < -0.39 is 4.92 Å². The molecule has 0 bridgehead atoms. The maximum Gasteiger partial charge on any atom is 0.314 e. The van der Waals surface area contributed by atoms with Crippen LogP contribution in [0.5, 0.6) is 0 Å². The maximum atomic E-state index is 11.0. The number of nitrogens with zero attached hydrogens (tertiary/aromatic N) is 2. The Morgan fingerprint density at radius 2 is 2.29 bits per heavy atom. The van der Waals surface area contributed by atoms with Crippen molar-refractivity contribution >= 4 is 17.1 Å². The van der Waals surface area contributed by atoms with E-state index in [1.54, 1.807) is 18.2 Å². The predicted molar refractivity (Wildman–Crippen MR) is 85.5 cm³/mol. The fourth-order valence-corrected chi connectivity index (χ4v) is 2.90. The van der Waals surface area contributed by atoms with Crippen LogP contribution in [0.4, 0.5) is 17.1 Å². The lowest BCUT2D eigenvalue weighted by molar-refractivity contribution is -0.383. The third-order valence-electron chi connectivity index (χ3n) is 4.13. The van der Waals surface area contributed by atoms with E-state index in [-0.39, 0.29) is 11.4 Å². The number of likely N-dealkylation sites (tertiary alicyclic amines) is 1. The van der Waals surface area contributed by atoms with E-state index in [1.165, 1.54) is 25.8 Å². The molecule has 116 valence electrons. The highest BCUT2D eigenvalue weighted by Crippen LogP contribution is 2.30. The Labute approximate surface area is 125 Å². The molecule has 21 heavy (non-hydrogen) atoms. The Bertz CT molecular complexity index is 493. The van der Waals surface area contributed by atoms with Gasteiger partial charge in [-0.15, -0.1) is 0 Å². The molecule has 0 radical (unpaired) electrons. The van der Waals surface area contributed by atoms with Gasteiger partial charge in [0.15, 0.2) is 0 Å². The van der Waals surface area contributed by atoms with E-state index in [1.807, 2.05) is 0 Å². The molecule has 0 amide bonds. The maximum absolute atomic E-state index is 11.0. The standard InChI is InChI=1S/C15H24N4O2/c1-12-6-2-3-10-18(12)11-5-9-17-14-8-4-7-13(16)15(14)19(20)21/h4,7-8,12,17H,2-3,5-6,9-11,16H2,1H3. The molecule has 1 heterocycles. The summed E-state index contributed by atoms with van der Waals surface area (Å²) in [5.74, 6) is 0. The van der Waals surface area contributed by atoms with E-state index in [9.17, 15) is 10.1 Å². The van der Waals surface area contributed by atoms with Crippen molar-refractivity contribution in [1.82, 2.24) is 4.90 Å². The van der Waals surface area contributed by atoms with E-state index in [0.717, 1.165) is 13.0 Å². The van der Waals surface area contributed by atoms with Crippen molar-refractivity contribution < 1.29 is 4.92 Å². The molecule has 0 spiro atoms. The fraction of sp³-hybridized carbons (Fsp3) is 0.600. The van der Waals surface area contributed by atoms with Crippen molar-refractivity contribution in [1.29, 1.82) is 0 Å². The first-order chi connectivity index (χ1) is 10.1. The van der Waals surface area contributed by atoms with E-state index >= 15 is 0 Å². The topological polar surface area (TPSA) is 84.4 Å². The van der Waals surface area contributed by atoms with Crippen LogP contribution in [0.1, 0.15) is 32.6 Å². The number of nitrogens with one attached hydrogen (secondary N) is 1. The van der Waals surface area contributed by atoms with Crippen molar-refractivity contribution in [3.05, 3.63) is 28.3 Å².